The highest BCUT2D eigenvalue weighted by molar-refractivity contribution is 5.72. The van der Waals surface area contributed by atoms with Gasteiger partial charge >= 0.3 is 5.97 Å². The number of nitriles is 1. The van der Waals surface area contributed by atoms with E-state index in [-0.39, 0.29) is 35.5 Å². The van der Waals surface area contributed by atoms with Crippen molar-refractivity contribution in [3.63, 3.8) is 0 Å². The van der Waals surface area contributed by atoms with E-state index in [1.54, 1.807) is 13.0 Å². The molecule has 0 fully saturated rings. The van der Waals surface area contributed by atoms with Crippen molar-refractivity contribution in [2.24, 2.45) is 0 Å². The topological polar surface area (TPSA) is 63.0 Å². The standard InChI is InChI=1S/C12H12F2N2O2/c1-3-18-11(17)5-10-7(2)9(12(13)14)4-8(6-15)16-10/h4,12H,3,5H2,1-2H3. The second-order valence-electron chi connectivity index (χ2n) is 3.56. The lowest BCUT2D eigenvalue weighted by Crippen LogP contribution is -2.12. The molecule has 1 heterocycles. The Hall–Kier alpha value is -2.03. The lowest BCUT2D eigenvalue weighted by Gasteiger charge is -2.10. The van der Waals surface area contributed by atoms with Crippen LogP contribution in [0.25, 0.3) is 0 Å². The molecule has 0 saturated carbocycles. The summed E-state index contributed by atoms with van der Waals surface area (Å²) in [5.74, 6) is -0.552. The van der Waals surface area contributed by atoms with Gasteiger partial charge in [0.1, 0.15) is 11.8 Å². The summed E-state index contributed by atoms with van der Waals surface area (Å²) in [6, 6.07) is 2.73. The highest BCUT2D eigenvalue weighted by Gasteiger charge is 2.18. The fourth-order valence-electron chi connectivity index (χ4n) is 1.49. The number of nitrogens with zero attached hydrogens (tertiary/aromatic N) is 2. The zero-order chi connectivity index (χ0) is 13.7. The predicted octanol–water partition coefficient (Wildman–Crippen LogP) is 2.30. The Morgan fingerprint density at radius 1 is 1.61 bits per heavy atom. The fraction of sp³-hybridized carbons (Fsp3) is 0.417. The van der Waals surface area contributed by atoms with Crippen LogP contribution in [0.5, 0.6) is 0 Å². The quantitative estimate of drug-likeness (QED) is 0.773. The molecule has 4 nitrogen and oxygen atoms in total. The van der Waals surface area contributed by atoms with Gasteiger partial charge in [0.2, 0.25) is 0 Å². The van der Waals surface area contributed by atoms with Crippen molar-refractivity contribution in [2.75, 3.05) is 6.61 Å². The van der Waals surface area contributed by atoms with Gasteiger partial charge in [-0.15, -0.1) is 0 Å². The highest BCUT2D eigenvalue weighted by atomic mass is 19.3. The predicted molar refractivity (Wildman–Crippen MR) is 59.0 cm³/mol. The van der Waals surface area contributed by atoms with Gasteiger partial charge < -0.3 is 4.74 Å². The molecule has 0 spiro atoms. The molecule has 0 saturated heterocycles. The Bertz CT molecular complexity index is 496. The van der Waals surface area contributed by atoms with Gasteiger partial charge in [0.15, 0.2) is 0 Å². The molecular weight excluding hydrogens is 242 g/mol. The molecule has 0 radical (unpaired) electrons. The summed E-state index contributed by atoms with van der Waals surface area (Å²) in [7, 11) is 0. The smallest absolute Gasteiger partial charge is 0.311 e. The Kier molecular flexibility index (Phi) is 4.72. The molecular formula is C12H12F2N2O2. The van der Waals surface area contributed by atoms with Crippen LogP contribution in [0.2, 0.25) is 0 Å². The number of hydrogen-bond donors (Lipinski definition) is 0. The van der Waals surface area contributed by atoms with Crippen molar-refractivity contribution >= 4 is 5.97 Å². The van der Waals surface area contributed by atoms with E-state index >= 15 is 0 Å². The number of ether oxygens (including phenoxy) is 1. The van der Waals surface area contributed by atoms with E-state index in [2.05, 4.69) is 4.98 Å². The molecule has 0 amide bonds. The SMILES string of the molecule is CCOC(=O)Cc1nc(C#N)cc(C(F)F)c1C. The molecule has 0 N–H and O–H groups in total. The zero-order valence-electron chi connectivity index (χ0n) is 10.0. The number of pyridine rings is 1. The summed E-state index contributed by atoms with van der Waals surface area (Å²) in [6.07, 6.45) is -2.92. The average molecular weight is 254 g/mol. The number of alkyl halides is 2. The van der Waals surface area contributed by atoms with Crippen molar-refractivity contribution in [1.29, 1.82) is 5.26 Å². The summed E-state index contributed by atoms with van der Waals surface area (Å²) in [5.41, 5.74) is -0.0316. The maximum atomic E-state index is 12.8. The van der Waals surface area contributed by atoms with Gasteiger partial charge in [-0.2, -0.15) is 5.26 Å². The second kappa shape index (κ2) is 6.05. The van der Waals surface area contributed by atoms with Crippen LogP contribution in [-0.4, -0.2) is 17.6 Å². The Morgan fingerprint density at radius 3 is 2.78 bits per heavy atom. The monoisotopic (exact) mass is 254 g/mol. The summed E-state index contributed by atoms with van der Waals surface area (Å²) in [5, 5.41) is 8.72. The lowest BCUT2D eigenvalue weighted by molar-refractivity contribution is -0.142. The molecule has 18 heavy (non-hydrogen) atoms. The number of carbonyl (C=O) groups is 1. The molecule has 6 heteroatoms. The van der Waals surface area contributed by atoms with Gasteiger partial charge in [-0.25, -0.2) is 13.8 Å². The molecule has 0 aromatic carbocycles. The largest absolute Gasteiger partial charge is 0.466 e. The van der Waals surface area contributed by atoms with Crippen LogP contribution >= 0.6 is 0 Å². The van der Waals surface area contributed by atoms with E-state index in [9.17, 15) is 13.6 Å². The number of carbonyl (C=O) groups excluding carboxylic acids is 1. The molecule has 96 valence electrons. The lowest BCUT2D eigenvalue weighted by atomic mass is 10.0. The van der Waals surface area contributed by atoms with E-state index in [0.29, 0.717) is 0 Å². The summed E-state index contributed by atoms with van der Waals surface area (Å²) in [4.78, 5) is 15.2. The van der Waals surface area contributed by atoms with E-state index in [1.807, 2.05) is 0 Å². The Labute approximate surface area is 103 Å². The van der Waals surface area contributed by atoms with Gasteiger partial charge in [0, 0.05) is 5.56 Å². The first-order valence-electron chi connectivity index (χ1n) is 5.33. The third-order valence-electron chi connectivity index (χ3n) is 2.38. The van der Waals surface area contributed by atoms with Crippen LogP contribution in [0.4, 0.5) is 8.78 Å². The number of aromatic nitrogens is 1. The minimum Gasteiger partial charge on any atom is -0.466 e. The van der Waals surface area contributed by atoms with Crippen LogP contribution in [-0.2, 0) is 16.0 Å². The average Bonchev–Trinajstić information content (AvgIpc) is 2.31. The summed E-state index contributed by atoms with van der Waals surface area (Å²) < 4.78 is 30.2. The zero-order valence-corrected chi connectivity index (χ0v) is 10.0. The Morgan fingerprint density at radius 2 is 2.28 bits per heavy atom. The molecule has 1 rings (SSSR count). The van der Waals surface area contributed by atoms with Crippen molar-refractivity contribution in [3.8, 4) is 6.07 Å². The molecule has 0 aliphatic heterocycles. The molecule has 0 aliphatic carbocycles. The van der Waals surface area contributed by atoms with E-state index < -0.39 is 12.4 Å². The first-order chi connectivity index (χ1) is 8.49. The molecule has 0 atom stereocenters. The third kappa shape index (κ3) is 3.23. The van der Waals surface area contributed by atoms with Crippen LogP contribution < -0.4 is 0 Å². The molecule has 0 bridgehead atoms. The van der Waals surface area contributed by atoms with Gasteiger partial charge in [-0.05, 0) is 25.5 Å². The first-order valence-corrected chi connectivity index (χ1v) is 5.33. The van der Waals surface area contributed by atoms with Crippen LogP contribution in [0, 0.1) is 18.3 Å². The van der Waals surface area contributed by atoms with Crippen LogP contribution in [0.3, 0.4) is 0 Å². The Balaban J connectivity index is 3.14. The number of hydrogen-bond acceptors (Lipinski definition) is 4. The van der Waals surface area contributed by atoms with Crippen molar-refractivity contribution in [1.82, 2.24) is 4.98 Å². The maximum Gasteiger partial charge on any atom is 0.311 e. The van der Waals surface area contributed by atoms with E-state index in [0.717, 1.165) is 6.07 Å². The van der Waals surface area contributed by atoms with Crippen molar-refractivity contribution in [3.05, 3.63) is 28.6 Å². The first kappa shape index (κ1) is 14.0. The number of rotatable bonds is 4. The normalized spacial score (nSPS) is 10.2. The fourth-order valence-corrected chi connectivity index (χ4v) is 1.49. The molecule has 1 aromatic heterocycles. The van der Waals surface area contributed by atoms with Crippen molar-refractivity contribution < 1.29 is 18.3 Å². The second-order valence-corrected chi connectivity index (χ2v) is 3.56. The van der Waals surface area contributed by atoms with Gasteiger partial charge in [-0.3, -0.25) is 4.79 Å². The minimum atomic E-state index is -2.71. The van der Waals surface area contributed by atoms with Crippen LogP contribution in [0.15, 0.2) is 6.07 Å². The third-order valence-corrected chi connectivity index (χ3v) is 2.38. The molecule has 1 aromatic rings. The van der Waals surface area contributed by atoms with Gasteiger partial charge in [-0.1, -0.05) is 0 Å². The molecule has 0 unspecified atom stereocenters. The number of esters is 1. The van der Waals surface area contributed by atoms with Crippen LogP contribution in [0.1, 0.15) is 35.9 Å². The van der Waals surface area contributed by atoms with Gasteiger partial charge in [0.25, 0.3) is 6.43 Å². The van der Waals surface area contributed by atoms with Crippen molar-refractivity contribution in [2.45, 2.75) is 26.7 Å². The summed E-state index contributed by atoms with van der Waals surface area (Å²) >= 11 is 0. The number of halogens is 2. The molecule has 0 aliphatic rings. The van der Waals surface area contributed by atoms with E-state index in [4.69, 9.17) is 10.00 Å². The minimum absolute atomic E-state index is 0.129. The maximum absolute atomic E-state index is 12.8. The van der Waals surface area contributed by atoms with E-state index in [1.165, 1.54) is 6.92 Å². The summed E-state index contributed by atoms with van der Waals surface area (Å²) in [6.45, 7) is 3.30. The highest BCUT2D eigenvalue weighted by Crippen LogP contribution is 2.25. The van der Waals surface area contributed by atoms with Gasteiger partial charge in [0.05, 0.1) is 18.7 Å².